The van der Waals surface area contributed by atoms with Gasteiger partial charge in [-0.3, -0.25) is 0 Å². The first kappa shape index (κ1) is 15.0. The van der Waals surface area contributed by atoms with Crippen LogP contribution in [0.2, 0.25) is 0 Å². The minimum Gasteiger partial charge on any atom is -0.335 e. The molecule has 1 rings (SSSR count). The summed E-state index contributed by atoms with van der Waals surface area (Å²) in [5.74, 6) is -0.652. The van der Waals surface area contributed by atoms with Crippen LogP contribution in [0.5, 0.6) is 0 Å². The van der Waals surface area contributed by atoms with E-state index in [1.807, 2.05) is 0 Å². The van der Waals surface area contributed by atoms with Gasteiger partial charge in [0, 0.05) is 6.54 Å². The van der Waals surface area contributed by atoms with Crippen molar-refractivity contribution in [3.05, 3.63) is 48.3 Å². The van der Waals surface area contributed by atoms with E-state index in [0.29, 0.717) is 0 Å². The third-order valence-corrected chi connectivity index (χ3v) is 2.21. The number of rotatable bonds is 4. The third kappa shape index (κ3) is 4.61. The van der Waals surface area contributed by atoms with E-state index in [1.54, 1.807) is 5.32 Å². The lowest BCUT2D eigenvalue weighted by molar-refractivity contribution is -0.154. The molecule has 0 heterocycles. The lowest BCUT2D eigenvalue weighted by Gasteiger charge is -2.22. The van der Waals surface area contributed by atoms with Crippen molar-refractivity contribution in [2.75, 3.05) is 6.54 Å². The van der Waals surface area contributed by atoms with Crippen molar-refractivity contribution in [2.45, 2.75) is 12.2 Å². The largest absolute Gasteiger partial charge is 0.412 e. The molecule has 19 heavy (non-hydrogen) atoms. The fraction of sp³-hybridized carbons (Fsp3) is 0.250. The Morgan fingerprint density at radius 1 is 1.32 bits per heavy atom. The average Bonchev–Trinajstić information content (AvgIpc) is 2.33. The molecule has 1 atom stereocenters. The summed E-state index contributed by atoms with van der Waals surface area (Å²) < 4.78 is 51.2. The Balaban J connectivity index is 2.87. The highest BCUT2D eigenvalue weighted by Gasteiger charge is 2.41. The van der Waals surface area contributed by atoms with Crippen molar-refractivity contribution in [1.29, 1.82) is 0 Å². The first-order valence-electron chi connectivity index (χ1n) is 5.32. The van der Waals surface area contributed by atoms with Crippen molar-refractivity contribution in [3.8, 4) is 0 Å². The Hall–Kier alpha value is -2.05. The van der Waals surface area contributed by atoms with Gasteiger partial charge in [-0.1, -0.05) is 18.2 Å². The Morgan fingerprint density at radius 3 is 2.37 bits per heavy atom. The zero-order valence-corrected chi connectivity index (χ0v) is 9.80. The van der Waals surface area contributed by atoms with Gasteiger partial charge in [0.25, 0.3) is 0 Å². The number of hydrogen-bond donors (Lipinski definition) is 2. The van der Waals surface area contributed by atoms with E-state index in [2.05, 4.69) is 11.9 Å². The number of urea groups is 1. The van der Waals surface area contributed by atoms with Gasteiger partial charge in [0.2, 0.25) is 0 Å². The minimum absolute atomic E-state index is 0.0415. The summed E-state index contributed by atoms with van der Waals surface area (Å²) in [6.07, 6.45) is -3.34. The lowest BCUT2D eigenvalue weighted by Crippen LogP contribution is -2.43. The predicted molar refractivity (Wildman–Crippen MR) is 61.9 cm³/mol. The molecule has 0 saturated heterocycles. The molecule has 0 aliphatic heterocycles. The highest BCUT2D eigenvalue weighted by Crippen LogP contribution is 2.32. The molecule has 0 radical (unpaired) electrons. The van der Waals surface area contributed by atoms with Crippen LogP contribution in [-0.4, -0.2) is 18.8 Å². The highest BCUT2D eigenvalue weighted by molar-refractivity contribution is 5.74. The number of alkyl halides is 3. The molecule has 2 amide bonds. The standard InChI is InChI=1S/C12H12F4N2O/c1-2-7-17-11(19)18-10(12(14,15)16)8-3-5-9(13)6-4-8/h2-6,10H,1,7H2,(H2,17,18,19). The van der Waals surface area contributed by atoms with E-state index in [1.165, 1.54) is 6.08 Å². The lowest BCUT2D eigenvalue weighted by atomic mass is 10.1. The zero-order chi connectivity index (χ0) is 14.5. The van der Waals surface area contributed by atoms with Crippen LogP contribution in [0.15, 0.2) is 36.9 Å². The molecule has 0 spiro atoms. The van der Waals surface area contributed by atoms with Gasteiger partial charge >= 0.3 is 12.2 Å². The number of amides is 2. The molecule has 1 unspecified atom stereocenters. The molecule has 0 aliphatic rings. The molecule has 104 valence electrons. The summed E-state index contributed by atoms with van der Waals surface area (Å²) in [4.78, 5) is 11.3. The maximum atomic E-state index is 12.8. The van der Waals surface area contributed by atoms with Crippen molar-refractivity contribution in [2.24, 2.45) is 0 Å². The Labute approximate surface area is 107 Å². The van der Waals surface area contributed by atoms with Crippen molar-refractivity contribution >= 4 is 6.03 Å². The smallest absolute Gasteiger partial charge is 0.335 e. The molecule has 1 aromatic carbocycles. The minimum atomic E-state index is -4.68. The number of carbonyl (C=O) groups excluding carboxylic acids is 1. The van der Waals surface area contributed by atoms with Gasteiger partial charge in [-0.15, -0.1) is 6.58 Å². The second-order valence-corrected chi connectivity index (χ2v) is 3.67. The van der Waals surface area contributed by atoms with E-state index in [-0.39, 0.29) is 12.1 Å². The van der Waals surface area contributed by atoms with Crippen LogP contribution in [0, 0.1) is 5.82 Å². The van der Waals surface area contributed by atoms with Crippen LogP contribution < -0.4 is 10.6 Å². The molecule has 2 N–H and O–H groups in total. The van der Waals surface area contributed by atoms with Gasteiger partial charge < -0.3 is 10.6 Å². The second-order valence-electron chi connectivity index (χ2n) is 3.67. The maximum Gasteiger partial charge on any atom is 0.412 e. The summed E-state index contributed by atoms with van der Waals surface area (Å²) in [5, 5.41) is 3.96. The fourth-order valence-corrected chi connectivity index (χ4v) is 1.36. The summed E-state index contributed by atoms with van der Waals surface area (Å²) in [6, 6.07) is 0.571. The molecule has 0 aromatic heterocycles. The predicted octanol–water partition coefficient (Wildman–Crippen LogP) is 2.91. The normalized spacial score (nSPS) is 12.6. The topological polar surface area (TPSA) is 41.1 Å². The summed E-state index contributed by atoms with van der Waals surface area (Å²) in [6.45, 7) is 3.36. The summed E-state index contributed by atoms with van der Waals surface area (Å²) in [7, 11) is 0. The van der Waals surface area contributed by atoms with Gasteiger partial charge in [-0.25, -0.2) is 9.18 Å². The van der Waals surface area contributed by atoms with Gasteiger partial charge in [0.05, 0.1) is 0 Å². The van der Waals surface area contributed by atoms with Crippen LogP contribution in [0.4, 0.5) is 22.4 Å². The first-order valence-corrected chi connectivity index (χ1v) is 5.32. The van der Waals surface area contributed by atoms with E-state index in [4.69, 9.17) is 0 Å². The van der Waals surface area contributed by atoms with Crippen LogP contribution in [-0.2, 0) is 0 Å². The number of carbonyl (C=O) groups is 1. The monoisotopic (exact) mass is 276 g/mol. The average molecular weight is 276 g/mol. The van der Waals surface area contributed by atoms with Gasteiger partial charge in [0.1, 0.15) is 5.82 Å². The Bertz CT molecular complexity index is 442. The number of nitrogens with one attached hydrogen (secondary N) is 2. The molecule has 0 bridgehead atoms. The van der Waals surface area contributed by atoms with Gasteiger partial charge in [-0.2, -0.15) is 13.2 Å². The first-order chi connectivity index (χ1) is 8.84. The fourth-order valence-electron chi connectivity index (χ4n) is 1.36. The van der Waals surface area contributed by atoms with Crippen LogP contribution in [0.1, 0.15) is 11.6 Å². The van der Waals surface area contributed by atoms with Crippen molar-refractivity contribution in [1.82, 2.24) is 10.6 Å². The maximum absolute atomic E-state index is 12.8. The second kappa shape index (κ2) is 6.21. The molecule has 7 heteroatoms. The van der Waals surface area contributed by atoms with Crippen molar-refractivity contribution < 1.29 is 22.4 Å². The Morgan fingerprint density at radius 2 is 1.89 bits per heavy atom. The van der Waals surface area contributed by atoms with Crippen LogP contribution >= 0.6 is 0 Å². The zero-order valence-electron chi connectivity index (χ0n) is 9.80. The summed E-state index contributed by atoms with van der Waals surface area (Å²) >= 11 is 0. The number of halogens is 4. The molecular weight excluding hydrogens is 264 g/mol. The van der Waals surface area contributed by atoms with Crippen LogP contribution in [0.25, 0.3) is 0 Å². The van der Waals surface area contributed by atoms with E-state index in [9.17, 15) is 22.4 Å². The summed E-state index contributed by atoms with van der Waals surface area (Å²) in [5.41, 5.74) is -0.248. The van der Waals surface area contributed by atoms with E-state index in [0.717, 1.165) is 24.3 Å². The Kier molecular flexibility index (Phi) is 4.91. The molecule has 0 aliphatic carbocycles. The SMILES string of the molecule is C=CCNC(=O)NC(c1ccc(F)cc1)C(F)(F)F. The molecule has 0 fully saturated rings. The molecule has 3 nitrogen and oxygen atoms in total. The van der Waals surface area contributed by atoms with Crippen LogP contribution in [0.3, 0.4) is 0 Å². The molecule has 1 aromatic rings. The highest BCUT2D eigenvalue weighted by atomic mass is 19.4. The van der Waals surface area contributed by atoms with E-state index >= 15 is 0 Å². The quantitative estimate of drug-likeness (QED) is 0.644. The van der Waals surface area contributed by atoms with E-state index < -0.39 is 24.1 Å². The van der Waals surface area contributed by atoms with Gasteiger partial charge in [0.15, 0.2) is 6.04 Å². The van der Waals surface area contributed by atoms with Gasteiger partial charge in [-0.05, 0) is 17.7 Å². The number of hydrogen-bond acceptors (Lipinski definition) is 1. The molecular formula is C12H12F4N2O. The van der Waals surface area contributed by atoms with Crippen molar-refractivity contribution in [3.63, 3.8) is 0 Å². The number of benzene rings is 1. The third-order valence-electron chi connectivity index (χ3n) is 2.21. The molecule has 0 saturated carbocycles.